The molecular weight excluding hydrogens is 339 g/mol. The molecule has 23 heavy (non-hydrogen) atoms. The fourth-order valence-corrected chi connectivity index (χ4v) is 2.81. The van der Waals surface area contributed by atoms with Crippen molar-refractivity contribution in [2.75, 3.05) is 0 Å². The number of rotatable bonds is 3. The average molecular weight is 351 g/mol. The molecule has 4 nitrogen and oxygen atoms in total. The topological polar surface area (TPSA) is 55.1 Å². The summed E-state index contributed by atoms with van der Waals surface area (Å²) in [4.78, 5) is 0.309. The van der Waals surface area contributed by atoms with E-state index in [4.69, 9.17) is 16.2 Å². The first-order chi connectivity index (χ1) is 11.0. The second-order valence-electron chi connectivity index (χ2n) is 4.97. The van der Waals surface area contributed by atoms with Gasteiger partial charge in [-0.05, 0) is 42.8 Å². The van der Waals surface area contributed by atoms with Gasteiger partial charge >= 0.3 is 0 Å². The molecule has 0 aliphatic carbocycles. The van der Waals surface area contributed by atoms with Gasteiger partial charge in [0.15, 0.2) is 16.2 Å². The van der Waals surface area contributed by atoms with Crippen LogP contribution in [0.15, 0.2) is 53.4 Å². The molecule has 0 saturated carbocycles. The van der Waals surface area contributed by atoms with Crippen molar-refractivity contribution < 1.29 is 13.2 Å². The molecule has 3 aromatic rings. The third-order valence-corrected chi connectivity index (χ3v) is 4.28. The van der Waals surface area contributed by atoms with Crippen molar-refractivity contribution in [2.24, 2.45) is 0 Å². The zero-order chi connectivity index (χ0) is 16.6. The molecule has 0 radical (unpaired) electrons. The highest BCUT2D eigenvalue weighted by Crippen LogP contribution is 2.27. The molecule has 3 rings (SSSR count). The predicted octanol–water partition coefficient (Wildman–Crippen LogP) is 4.22. The van der Waals surface area contributed by atoms with Gasteiger partial charge in [-0.25, -0.2) is 13.3 Å². The van der Waals surface area contributed by atoms with Crippen LogP contribution in [-0.2, 0) is 11.1 Å². The molecule has 1 heterocycles. The Bertz CT molecular complexity index is 894. The summed E-state index contributed by atoms with van der Waals surface area (Å²) in [6.45, 7) is 1.68. The highest BCUT2D eigenvalue weighted by Gasteiger charge is 2.12. The lowest BCUT2D eigenvalue weighted by Gasteiger charge is -2.09. The van der Waals surface area contributed by atoms with Gasteiger partial charge in [-0.1, -0.05) is 23.7 Å². The summed E-state index contributed by atoms with van der Waals surface area (Å²) >= 11 is 4.00. The monoisotopic (exact) mass is 350 g/mol. The maximum atomic E-state index is 13.5. The van der Waals surface area contributed by atoms with Gasteiger partial charge in [0.25, 0.3) is 0 Å². The fraction of sp³-hybridized carbons (Fsp3) is 0.0625. The molecule has 0 amide bonds. The normalized spacial score (nSPS) is 12.3. The molecule has 0 fully saturated rings. The van der Waals surface area contributed by atoms with E-state index in [0.717, 1.165) is 5.56 Å². The standard InChI is InChI=1S/C16H12ClFN2O2S/c1-10-8-12(4-7-14(10)18)20-15(9-16(17)19-20)11-2-5-13(6-3-11)23(21)22/h2-9H,1H3,(H,21,22). The molecule has 0 spiro atoms. The van der Waals surface area contributed by atoms with Gasteiger partial charge in [-0.3, -0.25) is 0 Å². The van der Waals surface area contributed by atoms with Gasteiger partial charge in [0.1, 0.15) is 5.82 Å². The van der Waals surface area contributed by atoms with Crippen molar-refractivity contribution in [1.29, 1.82) is 0 Å². The van der Waals surface area contributed by atoms with Crippen molar-refractivity contribution in [3.05, 3.63) is 65.1 Å². The molecule has 0 saturated heterocycles. The van der Waals surface area contributed by atoms with Crippen molar-refractivity contribution in [3.8, 4) is 16.9 Å². The minimum Gasteiger partial charge on any atom is -0.302 e. The van der Waals surface area contributed by atoms with E-state index < -0.39 is 11.1 Å². The number of halogens is 2. The number of aryl methyl sites for hydroxylation is 1. The quantitative estimate of drug-likeness (QED) is 0.719. The predicted molar refractivity (Wildman–Crippen MR) is 87.7 cm³/mol. The molecule has 0 aliphatic rings. The Labute approximate surface area is 139 Å². The maximum absolute atomic E-state index is 13.5. The highest BCUT2D eigenvalue weighted by molar-refractivity contribution is 7.79. The van der Waals surface area contributed by atoms with Crippen LogP contribution < -0.4 is 0 Å². The minimum atomic E-state index is -2.03. The molecule has 0 bridgehead atoms. The first-order valence-electron chi connectivity index (χ1n) is 6.69. The summed E-state index contributed by atoms with van der Waals surface area (Å²) < 4.78 is 35.2. The van der Waals surface area contributed by atoms with Crippen molar-refractivity contribution in [2.45, 2.75) is 11.8 Å². The van der Waals surface area contributed by atoms with Crippen molar-refractivity contribution in [3.63, 3.8) is 0 Å². The Morgan fingerprint density at radius 1 is 1.17 bits per heavy atom. The number of hydrogen-bond donors (Lipinski definition) is 1. The Morgan fingerprint density at radius 3 is 2.48 bits per heavy atom. The molecule has 7 heteroatoms. The summed E-state index contributed by atoms with van der Waals surface area (Å²) in [6.07, 6.45) is 0. The van der Waals surface area contributed by atoms with Crippen LogP contribution in [0.25, 0.3) is 16.9 Å². The van der Waals surface area contributed by atoms with Crippen LogP contribution in [0.4, 0.5) is 4.39 Å². The first-order valence-corrected chi connectivity index (χ1v) is 8.17. The fourth-order valence-electron chi connectivity index (χ4n) is 2.26. The molecule has 0 aliphatic heterocycles. The smallest absolute Gasteiger partial charge is 0.186 e. The number of hydrogen-bond acceptors (Lipinski definition) is 2. The van der Waals surface area contributed by atoms with E-state index in [2.05, 4.69) is 5.10 Å². The Morgan fingerprint density at radius 2 is 1.87 bits per heavy atom. The molecule has 1 aromatic heterocycles. The van der Waals surface area contributed by atoms with Crippen LogP contribution in [0.5, 0.6) is 0 Å². The summed E-state index contributed by atoms with van der Waals surface area (Å²) in [5.74, 6) is -0.289. The first kappa shape index (κ1) is 15.9. The van der Waals surface area contributed by atoms with Crippen molar-refractivity contribution >= 4 is 22.7 Å². The number of nitrogens with zero attached hydrogens (tertiary/aromatic N) is 2. The summed E-state index contributed by atoms with van der Waals surface area (Å²) in [6, 6.07) is 12.9. The van der Waals surface area contributed by atoms with Crippen LogP contribution in [0, 0.1) is 12.7 Å². The summed E-state index contributed by atoms with van der Waals surface area (Å²) in [5.41, 5.74) is 2.67. The van der Waals surface area contributed by atoms with Gasteiger partial charge in [0.05, 0.1) is 16.3 Å². The Hall–Kier alpha value is -2.02. The molecule has 1 N–H and O–H groups in total. The van der Waals surface area contributed by atoms with E-state index in [1.165, 1.54) is 6.07 Å². The summed E-state index contributed by atoms with van der Waals surface area (Å²) in [7, 11) is 0. The highest BCUT2D eigenvalue weighted by atomic mass is 35.5. The number of benzene rings is 2. The minimum absolute atomic E-state index is 0.289. The third kappa shape index (κ3) is 3.19. The zero-order valence-electron chi connectivity index (χ0n) is 12.0. The van der Waals surface area contributed by atoms with Gasteiger partial charge < -0.3 is 4.55 Å². The Kier molecular flexibility index (Phi) is 4.30. The van der Waals surface area contributed by atoms with E-state index in [0.29, 0.717) is 27.0 Å². The lowest BCUT2D eigenvalue weighted by molar-refractivity contribution is 0.564. The van der Waals surface area contributed by atoms with Crippen molar-refractivity contribution in [1.82, 2.24) is 9.78 Å². The molecule has 1 atom stereocenters. The van der Waals surface area contributed by atoms with E-state index in [-0.39, 0.29) is 5.82 Å². The van der Waals surface area contributed by atoms with Gasteiger partial charge in [-0.15, -0.1) is 0 Å². The van der Waals surface area contributed by atoms with Crippen LogP contribution in [0.3, 0.4) is 0 Å². The molecule has 1 unspecified atom stereocenters. The lowest BCUT2D eigenvalue weighted by atomic mass is 10.1. The molecule has 118 valence electrons. The second-order valence-corrected chi connectivity index (χ2v) is 6.33. The maximum Gasteiger partial charge on any atom is 0.186 e. The lowest BCUT2D eigenvalue weighted by Crippen LogP contribution is -2.00. The zero-order valence-corrected chi connectivity index (χ0v) is 13.6. The molecule has 2 aromatic carbocycles. The van der Waals surface area contributed by atoms with E-state index in [9.17, 15) is 8.60 Å². The second kappa shape index (κ2) is 6.23. The van der Waals surface area contributed by atoms with Gasteiger partial charge in [-0.2, -0.15) is 5.10 Å². The van der Waals surface area contributed by atoms with Crippen LogP contribution in [0.2, 0.25) is 5.15 Å². The van der Waals surface area contributed by atoms with Gasteiger partial charge in [0, 0.05) is 11.6 Å². The largest absolute Gasteiger partial charge is 0.302 e. The Balaban J connectivity index is 2.10. The van der Waals surface area contributed by atoms with E-state index in [1.54, 1.807) is 54.1 Å². The van der Waals surface area contributed by atoms with Gasteiger partial charge in [0.2, 0.25) is 0 Å². The third-order valence-electron chi connectivity index (χ3n) is 3.42. The van der Waals surface area contributed by atoms with E-state index >= 15 is 0 Å². The van der Waals surface area contributed by atoms with Crippen LogP contribution in [0.1, 0.15) is 5.56 Å². The summed E-state index contributed by atoms with van der Waals surface area (Å²) in [5, 5.41) is 4.54. The van der Waals surface area contributed by atoms with E-state index in [1.807, 2.05) is 0 Å². The number of aromatic nitrogens is 2. The van der Waals surface area contributed by atoms with Crippen LogP contribution >= 0.6 is 11.6 Å². The SMILES string of the molecule is Cc1cc(-n2nc(Cl)cc2-c2ccc(S(=O)O)cc2)ccc1F. The molecular formula is C16H12ClFN2O2S. The average Bonchev–Trinajstić information content (AvgIpc) is 2.92. The van der Waals surface area contributed by atoms with Crippen LogP contribution in [-0.4, -0.2) is 18.5 Å².